The zero-order valence-electron chi connectivity index (χ0n) is 8.65. The highest BCUT2D eigenvalue weighted by Crippen LogP contribution is 2.23. The van der Waals surface area contributed by atoms with Crippen LogP contribution in [0.4, 0.5) is 8.78 Å². The molecule has 14 heavy (non-hydrogen) atoms. The largest absolute Gasteiger partial charge is 0.351 e. The summed E-state index contributed by atoms with van der Waals surface area (Å²) in [6.45, 7) is 3.90. The molecule has 3 N–H and O–H groups in total. The lowest BCUT2D eigenvalue weighted by molar-refractivity contribution is -0.147. The molecule has 1 amide bonds. The van der Waals surface area contributed by atoms with Gasteiger partial charge in [0.2, 0.25) is 0 Å². The summed E-state index contributed by atoms with van der Waals surface area (Å²) in [6.07, 6.45) is 0.102. The fraction of sp³-hybridized carbons (Fsp3) is 0.889. The smallest absolute Gasteiger partial charge is 0.324 e. The monoisotopic (exact) mass is 208 g/mol. The predicted octanol–water partition coefficient (Wildman–Crippen LogP) is 1.13. The standard InChI is InChI=1S/C9H18F2N2O/c1-7(2)6-9(10,11)8(14)13-5-3-4-12/h7H,3-6,12H2,1-2H3,(H,13,14). The van der Waals surface area contributed by atoms with Gasteiger partial charge in [0.25, 0.3) is 5.91 Å². The molecule has 0 bridgehead atoms. The number of amides is 1. The third kappa shape index (κ3) is 5.11. The van der Waals surface area contributed by atoms with E-state index in [2.05, 4.69) is 5.32 Å². The number of carbonyl (C=O) groups is 1. The summed E-state index contributed by atoms with van der Waals surface area (Å²) >= 11 is 0. The second-order valence-corrected chi connectivity index (χ2v) is 3.70. The average Bonchev–Trinajstić information content (AvgIpc) is 2.02. The Morgan fingerprint density at radius 1 is 1.50 bits per heavy atom. The fourth-order valence-electron chi connectivity index (χ4n) is 1.04. The Hall–Kier alpha value is -0.710. The molecular formula is C9H18F2N2O. The Morgan fingerprint density at radius 2 is 2.07 bits per heavy atom. The summed E-state index contributed by atoms with van der Waals surface area (Å²) < 4.78 is 26.1. The van der Waals surface area contributed by atoms with Crippen LogP contribution in [0.1, 0.15) is 26.7 Å². The van der Waals surface area contributed by atoms with Crippen molar-refractivity contribution in [1.29, 1.82) is 0 Å². The molecule has 5 heteroatoms. The molecule has 0 aliphatic heterocycles. The van der Waals surface area contributed by atoms with Crippen molar-refractivity contribution in [3.05, 3.63) is 0 Å². The van der Waals surface area contributed by atoms with E-state index in [0.717, 1.165) is 0 Å². The maximum atomic E-state index is 13.1. The Morgan fingerprint density at radius 3 is 2.50 bits per heavy atom. The van der Waals surface area contributed by atoms with E-state index >= 15 is 0 Å². The minimum absolute atomic E-state index is 0.203. The van der Waals surface area contributed by atoms with Crippen molar-refractivity contribution < 1.29 is 13.6 Å². The first kappa shape index (κ1) is 13.3. The van der Waals surface area contributed by atoms with Crippen molar-refractivity contribution in [2.75, 3.05) is 13.1 Å². The average molecular weight is 208 g/mol. The highest BCUT2D eigenvalue weighted by Gasteiger charge is 2.38. The van der Waals surface area contributed by atoms with Crippen LogP contribution in [-0.4, -0.2) is 24.9 Å². The number of hydrogen-bond donors (Lipinski definition) is 2. The van der Waals surface area contributed by atoms with E-state index in [0.29, 0.717) is 13.0 Å². The van der Waals surface area contributed by atoms with Gasteiger partial charge in [-0.1, -0.05) is 13.8 Å². The zero-order chi connectivity index (χ0) is 11.2. The molecule has 0 spiro atoms. The molecule has 3 nitrogen and oxygen atoms in total. The van der Waals surface area contributed by atoms with Gasteiger partial charge in [-0.05, 0) is 18.9 Å². The van der Waals surface area contributed by atoms with Crippen molar-refractivity contribution in [1.82, 2.24) is 5.32 Å². The number of nitrogens with two attached hydrogens (primary N) is 1. The van der Waals surface area contributed by atoms with E-state index in [-0.39, 0.29) is 12.5 Å². The van der Waals surface area contributed by atoms with E-state index in [1.165, 1.54) is 0 Å². The third-order valence-corrected chi connectivity index (χ3v) is 1.66. The van der Waals surface area contributed by atoms with Gasteiger partial charge < -0.3 is 11.1 Å². The molecular weight excluding hydrogens is 190 g/mol. The third-order valence-electron chi connectivity index (χ3n) is 1.66. The predicted molar refractivity (Wildman–Crippen MR) is 51.1 cm³/mol. The second-order valence-electron chi connectivity index (χ2n) is 3.70. The van der Waals surface area contributed by atoms with E-state index in [1.54, 1.807) is 13.8 Å². The lowest BCUT2D eigenvalue weighted by atomic mass is 10.0. The van der Waals surface area contributed by atoms with Crippen molar-refractivity contribution in [3.8, 4) is 0 Å². The van der Waals surface area contributed by atoms with Crippen LogP contribution in [0.2, 0.25) is 0 Å². The number of alkyl halides is 2. The maximum Gasteiger partial charge on any atom is 0.324 e. The molecule has 0 radical (unpaired) electrons. The van der Waals surface area contributed by atoms with Crippen LogP contribution in [0.25, 0.3) is 0 Å². The van der Waals surface area contributed by atoms with E-state index < -0.39 is 18.3 Å². The summed E-state index contributed by atoms with van der Waals surface area (Å²) in [4.78, 5) is 11.0. The van der Waals surface area contributed by atoms with Gasteiger partial charge in [0, 0.05) is 13.0 Å². The highest BCUT2D eigenvalue weighted by atomic mass is 19.3. The van der Waals surface area contributed by atoms with Crippen LogP contribution < -0.4 is 11.1 Å². The number of hydrogen-bond acceptors (Lipinski definition) is 2. The topological polar surface area (TPSA) is 55.1 Å². The van der Waals surface area contributed by atoms with Gasteiger partial charge >= 0.3 is 5.92 Å². The molecule has 0 unspecified atom stereocenters. The summed E-state index contributed by atoms with van der Waals surface area (Å²) in [7, 11) is 0. The van der Waals surface area contributed by atoms with Crippen LogP contribution in [0.5, 0.6) is 0 Å². The Kier molecular flexibility index (Phi) is 5.60. The van der Waals surface area contributed by atoms with E-state index in [1.807, 2.05) is 0 Å². The normalized spacial score (nSPS) is 11.9. The van der Waals surface area contributed by atoms with Crippen molar-refractivity contribution in [2.45, 2.75) is 32.6 Å². The molecule has 0 fully saturated rings. The Bertz CT molecular complexity index is 184. The summed E-state index contributed by atoms with van der Waals surface area (Å²) in [5, 5.41) is 2.16. The first-order valence-electron chi connectivity index (χ1n) is 4.76. The Balaban J connectivity index is 3.95. The first-order chi connectivity index (χ1) is 6.40. The number of rotatable bonds is 6. The molecule has 0 aromatic carbocycles. The zero-order valence-corrected chi connectivity index (χ0v) is 8.65. The lowest BCUT2D eigenvalue weighted by Crippen LogP contribution is -2.41. The van der Waals surface area contributed by atoms with Gasteiger partial charge in [-0.2, -0.15) is 8.78 Å². The molecule has 0 aliphatic carbocycles. The summed E-state index contributed by atoms with van der Waals surface area (Å²) in [6, 6.07) is 0. The van der Waals surface area contributed by atoms with E-state index in [4.69, 9.17) is 5.73 Å². The highest BCUT2D eigenvalue weighted by molar-refractivity contribution is 5.83. The van der Waals surface area contributed by atoms with Crippen molar-refractivity contribution >= 4 is 5.91 Å². The van der Waals surface area contributed by atoms with Crippen LogP contribution in [-0.2, 0) is 4.79 Å². The van der Waals surface area contributed by atoms with E-state index in [9.17, 15) is 13.6 Å². The fourth-order valence-corrected chi connectivity index (χ4v) is 1.04. The first-order valence-corrected chi connectivity index (χ1v) is 4.76. The quantitative estimate of drug-likeness (QED) is 0.643. The molecule has 0 saturated carbocycles. The van der Waals surface area contributed by atoms with Crippen molar-refractivity contribution in [2.24, 2.45) is 11.7 Å². The molecule has 0 heterocycles. The molecule has 0 saturated heterocycles. The SMILES string of the molecule is CC(C)CC(F)(F)C(=O)NCCCN. The van der Waals surface area contributed by atoms with Gasteiger partial charge in [-0.15, -0.1) is 0 Å². The number of halogens is 2. The molecule has 0 rings (SSSR count). The minimum Gasteiger partial charge on any atom is -0.351 e. The lowest BCUT2D eigenvalue weighted by Gasteiger charge is -2.17. The molecule has 0 atom stereocenters. The molecule has 0 aliphatic rings. The molecule has 84 valence electrons. The van der Waals surface area contributed by atoms with Gasteiger partial charge in [-0.3, -0.25) is 4.79 Å². The number of nitrogens with one attached hydrogen (secondary N) is 1. The van der Waals surface area contributed by atoms with Crippen LogP contribution in [0.15, 0.2) is 0 Å². The van der Waals surface area contributed by atoms with Gasteiger partial charge in [-0.25, -0.2) is 0 Å². The minimum atomic E-state index is -3.26. The second kappa shape index (κ2) is 5.90. The molecule has 0 aromatic rings. The Labute approximate surface area is 83.0 Å². The number of carbonyl (C=O) groups excluding carboxylic acids is 1. The van der Waals surface area contributed by atoms with Gasteiger partial charge in [0.05, 0.1) is 0 Å². The van der Waals surface area contributed by atoms with Crippen LogP contribution in [0, 0.1) is 5.92 Å². The summed E-state index contributed by atoms with van der Waals surface area (Å²) in [5.41, 5.74) is 5.17. The van der Waals surface area contributed by atoms with Gasteiger partial charge in [0.15, 0.2) is 0 Å². The molecule has 0 aromatic heterocycles. The van der Waals surface area contributed by atoms with Crippen molar-refractivity contribution in [3.63, 3.8) is 0 Å². The van der Waals surface area contributed by atoms with Crippen LogP contribution in [0.3, 0.4) is 0 Å². The summed E-state index contributed by atoms with van der Waals surface area (Å²) in [5.74, 6) is -4.66. The van der Waals surface area contributed by atoms with Crippen LogP contribution >= 0.6 is 0 Å². The van der Waals surface area contributed by atoms with Gasteiger partial charge in [0.1, 0.15) is 0 Å². The maximum absolute atomic E-state index is 13.1.